The molecule has 0 atom stereocenters. The van der Waals surface area contributed by atoms with Gasteiger partial charge in [-0.3, -0.25) is 0 Å². The van der Waals surface area contributed by atoms with E-state index in [0.29, 0.717) is 27.1 Å². The number of methoxy groups -OCH3 is 2. The molecule has 7 heteroatoms. The minimum absolute atomic E-state index is 0.00389. The second-order valence-corrected chi connectivity index (χ2v) is 6.61. The van der Waals surface area contributed by atoms with Gasteiger partial charge in [0, 0.05) is 15.6 Å². The Morgan fingerprint density at radius 1 is 1.10 bits per heavy atom. The van der Waals surface area contributed by atoms with E-state index >= 15 is 0 Å². The Morgan fingerprint density at radius 3 is 2.38 bits per heavy atom. The number of halogens is 1. The molecule has 21 heavy (non-hydrogen) atoms. The van der Waals surface area contributed by atoms with Crippen LogP contribution in [0.15, 0.2) is 45.8 Å². The topological polar surface area (TPSA) is 78.6 Å². The molecule has 2 rings (SSSR count). The molecule has 0 amide bonds. The van der Waals surface area contributed by atoms with Crippen molar-refractivity contribution in [3.8, 4) is 22.6 Å². The first-order valence-electron chi connectivity index (χ1n) is 5.92. The summed E-state index contributed by atoms with van der Waals surface area (Å²) < 4.78 is 34.8. The average molecular weight is 372 g/mol. The fourth-order valence-electron chi connectivity index (χ4n) is 2.01. The Labute approximate surface area is 131 Å². The van der Waals surface area contributed by atoms with Crippen LogP contribution in [-0.4, -0.2) is 22.6 Å². The first kappa shape index (κ1) is 15.8. The molecule has 2 aromatic rings. The van der Waals surface area contributed by atoms with Gasteiger partial charge >= 0.3 is 0 Å². The highest BCUT2D eigenvalue weighted by atomic mass is 79.9. The SMILES string of the molecule is COc1ccc(Br)c(-c2c(OC)cccc2S(N)(=O)=O)c1. The van der Waals surface area contributed by atoms with Crippen molar-refractivity contribution in [3.63, 3.8) is 0 Å². The smallest absolute Gasteiger partial charge is 0.238 e. The van der Waals surface area contributed by atoms with Crippen LogP contribution in [0, 0.1) is 0 Å². The van der Waals surface area contributed by atoms with Gasteiger partial charge in [0.2, 0.25) is 10.0 Å². The average Bonchev–Trinajstić information content (AvgIpc) is 2.46. The van der Waals surface area contributed by atoms with Crippen LogP contribution < -0.4 is 14.6 Å². The summed E-state index contributed by atoms with van der Waals surface area (Å²) in [6, 6.07) is 9.95. The quantitative estimate of drug-likeness (QED) is 0.895. The lowest BCUT2D eigenvalue weighted by Gasteiger charge is -2.15. The molecule has 5 nitrogen and oxygen atoms in total. The van der Waals surface area contributed by atoms with E-state index in [1.807, 2.05) is 0 Å². The molecule has 0 radical (unpaired) electrons. The summed E-state index contributed by atoms with van der Waals surface area (Å²) in [5, 5.41) is 5.31. The molecule has 2 aromatic carbocycles. The summed E-state index contributed by atoms with van der Waals surface area (Å²) in [5.41, 5.74) is 1.02. The van der Waals surface area contributed by atoms with Crippen LogP contribution in [0.5, 0.6) is 11.5 Å². The minimum atomic E-state index is -3.89. The van der Waals surface area contributed by atoms with E-state index in [2.05, 4.69) is 15.9 Å². The number of benzene rings is 2. The van der Waals surface area contributed by atoms with Crippen LogP contribution in [0.25, 0.3) is 11.1 Å². The molecule has 0 heterocycles. The summed E-state index contributed by atoms with van der Waals surface area (Å²) >= 11 is 3.41. The Morgan fingerprint density at radius 2 is 1.81 bits per heavy atom. The minimum Gasteiger partial charge on any atom is -0.497 e. The number of nitrogens with two attached hydrogens (primary N) is 1. The van der Waals surface area contributed by atoms with E-state index in [0.717, 1.165) is 0 Å². The van der Waals surface area contributed by atoms with E-state index < -0.39 is 10.0 Å². The molecule has 0 unspecified atom stereocenters. The van der Waals surface area contributed by atoms with Gasteiger partial charge in [0.15, 0.2) is 0 Å². The third-order valence-corrected chi connectivity index (χ3v) is 4.60. The predicted molar refractivity (Wildman–Crippen MR) is 84.1 cm³/mol. The van der Waals surface area contributed by atoms with Crippen molar-refractivity contribution in [3.05, 3.63) is 40.9 Å². The van der Waals surface area contributed by atoms with Gasteiger partial charge in [-0.25, -0.2) is 13.6 Å². The molecule has 0 fully saturated rings. The maximum absolute atomic E-state index is 11.8. The van der Waals surface area contributed by atoms with Crippen molar-refractivity contribution < 1.29 is 17.9 Å². The number of ether oxygens (including phenoxy) is 2. The molecule has 0 spiro atoms. The van der Waals surface area contributed by atoms with Crippen molar-refractivity contribution in [2.75, 3.05) is 14.2 Å². The van der Waals surface area contributed by atoms with E-state index in [-0.39, 0.29) is 4.90 Å². The van der Waals surface area contributed by atoms with Crippen LogP contribution in [0.3, 0.4) is 0 Å². The molecule has 112 valence electrons. The molecule has 0 saturated carbocycles. The third kappa shape index (κ3) is 3.20. The third-order valence-electron chi connectivity index (χ3n) is 2.96. The second kappa shape index (κ2) is 6.05. The van der Waals surface area contributed by atoms with Gasteiger partial charge in [0.1, 0.15) is 11.5 Å². The van der Waals surface area contributed by atoms with E-state index in [9.17, 15) is 8.42 Å². The van der Waals surface area contributed by atoms with E-state index in [4.69, 9.17) is 14.6 Å². The Hall–Kier alpha value is -1.57. The fraction of sp³-hybridized carbons (Fsp3) is 0.143. The first-order valence-corrected chi connectivity index (χ1v) is 8.26. The first-order chi connectivity index (χ1) is 9.88. The molecule has 0 bridgehead atoms. The monoisotopic (exact) mass is 371 g/mol. The van der Waals surface area contributed by atoms with Crippen LogP contribution in [0.1, 0.15) is 0 Å². The van der Waals surface area contributed by atoms with Gasteiger partial charge in [-0.2, -0.15) is 0 Å². The molecule has 0 aliphatic heterocycles. The summed E-state index contributed by atoms with van der Waals surface area (Å²) in [4.78, 5) is -0.00389. The van der Waals surface area contributed by atoms with Crippen molar-refractivity contribution in [1.29, 1.82) is 0 Å². The van der Waals surface area contributed by atoms with Crippen LogP contribution in [0.2, 0.25) is 0 Å². The zero-order valence-corrected chi connectivity index (χ0v) is 13.9. The van der Waals surface area contributed by atoms with E-state index in [1.54, 1.807) is 30.3 Å². The zero-order chi connectivity index (χ0) is 15.6. The number of hydrogen-bond donors (Lipinski definition) is 1. The molecule has 0 saturated heterocycles. The molecule has 0 aliphatic rings. The highest BCUT2D eigenvalue weighted by Gasteiger charge is 2.21. The molecular weight excluding hydrogens is 358 g/mol. The lowest BCUT2D eigenvalue weighted by Crippen LogP contribution is -2.14. The maximum Gasteiger partial charge on any atom is 0.238 e. The number of rotatable bonds is 4. The lowest BCUT2D eigenvalue weighted by molar-refractivity contribution is 0.413. The Bertz CT molecular complexity index is 775. The van der Waals surface area contributed by atoms with Crippen LogP contribution >= 0.6 is 15.9 Å². The fourth-order valence-corrected chi connectivity index (χ4v) is 3.21. The number of primary sulfonamides is 1. The van der Waals surface area contributed by atoms with Gasteiger partial charge in [0.05, 0.1) is 19.1 Å². The summed E-state index contributed by atoms with van der Waals surface area (Å²) in [6.45, 7) is 0. The standard InChI is InChI=1S/C14H14BrNO4S/c1-19-9-6-7-11(15)10(8-9)14-12(20-2)4-3-5-13(14)21(16,17)18/h3-8H,1-2H3,(H2,16,17,18). The number of sulfonamides is 1. The van der Waals surface area contributed by atoms with Gasteiger partial charge in [-0.1, -0.05) is 22.0 Å². The van der Waals surface area contributed by atoms with Gasteiger partial charge in [0.25, 0.3) is 0 Å². The molecule has 0 aromatic heterocycles. The van der Waals surface area contributed by atoms with Crippen molar-refractivity contribution in [2.24, 2.45) is 5.14 Å². The maximum atomic E-state index is 11.8. The predicted octanol–water partition coefficient (Wildman–Crippen LogP) is 2.78. The highest BCUT2D eigenvalue weighted by molar-refractivity contribution is 9.10. The highest BCUT2D eigenvalue weighted by Crippen LogP contribution is 2.40. The van der Waals surface area contributed by atoms with Gasteiger partial charge < -0.3 is 9.47 Å². The summed E-state index contributed by atoms with van der Waals surface area (Å²) in [5.74, 6) is 1.01. The Balaban J connectivity index is 2.85. The van der Waals surface area contributed by atoms with Crippen LogP contribution in [-0.2, 0) is 10.0 Å². The van der Waals surface area contributed by atoms with E-state index in [1.165, 1.54) is 20.3 Å². The zero-order valence-electron chi connectivity index (χ0n) is 11.5. The van der Waals surface area contributed by atoms with Crippen molar-refractivity contribution in [1.82, 2.24) is 0 Å². The Kier molecular flexibility index (Phi) is 4.55. The van der Waals surface area contributed by atoms with Crippen LogP contribution in [0.4, 0.5) is 0 Å². The van der Waals surface area contributed by atoms with Gasteiger partial charge in [-0.15, -0.1) is 0 Å². The summed E-state index contributed by atoms with van der Waals surface area (Å²) in [7, 11) is -0.883. The number of hydrogen-bond acceptors (Lipinski definition) is 4. The molecular formula is C14H14BrNO4S. The van der Waals surface area contributed by atoms with Crippen molar-refractivity contribution >= 4 is 26.0 Å². The summed E-state index contributed by atoms with van der Waals surface area (Å²) in [6.07, 6.45) is 0. The largest absolute Gasteiger partial charge is 0.497 e. The normalized spacial score (nSPS) is 11.2. The molecule has 2 N–H and O–H groups in total. The molecule has 0 aliphatic carbocycles. The second-order valence-electron chi connectivity index (χ2n) is 4.22. The van der Waals surface area contributed by atoms with Gasteiger partial charge in [-0.05, 0) is 30.3 Å². The lowest BCUT2D eigenvalue weighted by atomic mass is 10.0. The van der Waals surface area contributed by atoms with Crippen molar-refractivity contribution in [2.45, 2.75) is 4.90 Å².